The lowest BCUT2D eigenvalue weighted by Crippen LogP contribution is -2.63. The van der Waals surface area contributed by atoms with E-state index in [4.69, 9.17) is 11.6 Å². The maximum atomic E-state index is 11.0. The van der Waals surface area contributed by atoms with Crippen molar-refractivity contribution < 1.29 is 10.0 Å². The summed E-state index contributed by atoms with van der Waals surface area (Å²) in [4.78, 5) is 12.4. The highest BCUT2D eigenvalue weighted by atomic mass is 35.5. The summed E-state index contributed by atoms with van der Waals surface area (Å²) >= 11 is 5.86. The van der Waals surface area contributed by atoms with Crippen LogP contribution < -0.4 is 4.90 Å². The van der Waals surface area contributed by atoms with Crippen molar-refractivity contribution in [1.82, 2.24) is 0 Å². The van der Waals surface area contributed by atoms with Crippen molar-refractivity contribution >= 4 is 23.0 Å². The molecule has 0 atom stereocenters. The average molecular weight is 269 g/mol. The molecule has 18 heavy (non-hydrogen) atoms. The molecule has 0 radical (unpaired) electrons. The molecule has 96 valence electrons. The molecule has 2 fully saturated rings. The Balaban J connectivity index is 1.86. The van der Waals surface area contributed by atoms with Crippen molar-refractivity contribution in [2.75, 3.05) is 18.0 Å². The molecule has 6 heteroatoms. The molecule has 1 saturated heterocycles. The van der Waals surface area contributed by atoms with Gasteiger partial charge < -0.3 is 10.0 Å². The third kappa shape index (κ3) is 1.74. The highest BCUT2D eigenvalue weighted by Gasteiger charge is 2.52. The van der Waals surface area contributed by atoms with Gasteiger partial charge >= 0.3 is 5.69 Å². The number of anilines is 1. The van der Waals surface area contributed by atoms with Crippen molar-refractivity contribution in [2.45, 2.75) is 18.4 Å². The van der Waals surface area contributed by atoms with Crippen LogP contribution in [0.2, 0.25) is 5.02 Å². The van der Waals surface area contributed by atoms with E-state index in [1.807, 2.05) is 4.90 Å². The minimum atomic E-state index is -0.657. The fourth-order valence-electron chi connectivity index (χ4n) is 2.60. The molecule has 0 spiro atoms. The Morgan fingerprint density at radius 3 is 2.67 bits per heavy atom. The van der Waals surface area contributed by atoms with Gasteiger partial charge in [0.15, 0.2) is 0 Å². The summed E-state index contributed by atoms with van der Waals surface area (Å²) in [6, 6.07) is 4.88. The number of aliphatic hydroxyl groups is 1. The van der Waals surface area contributed by atoms with Crippen LogP contribution in [-0.4, -0.2) is 28.7 Å². The summed E-state index contributed by atoms with van der Waals surface area (Å²) in [6.07, 6.45) is 2.12. The van der Waals surface area contributed by atoms with Gasteiger partial charge in [-0.1, -0.05) is 17.7 Å². The number of β-amino-alcohol motifs (C(OH)–C–C–N with tert-alkyl or cyclic N) is 1. The van der Waals surface area contributed by atoms with Gasteiger partial charge in [0.25, 0.3) is 0 Å². The molecule has 2 aliphatic rings. The van der Waals surface area contributed by atoms with Crippen LogP contribution in [0.25, 0.3) is 0 Å². The van der Waals surface area contributed by atoms with E-state index in [2.05, 4.69) is 0 Å². The van der Waals surface area contributed by atoms with Gasteiger partial charge in [-0.25, -0.2) is 0 Å². The highest BCUT2D eigenvalue weighted by Crippen LogP contribution is 2.47. The van der Waals surface area contributed by atoms with Gasteiger partial charge in [0.05, 0.1) is 4.92 Å². The van der Waals surface area contributed by atoms with Crippen molar-refractivity contribution in [1.29, 1.82) is 0 Å². The molecule has 0 amide bonds. The number of rotatable bonds is 3. The van der Waals surface area contributed by atoms with Gasteiger partial charge in [0.2, 0.25) is 0 Å². The Morgan fingerprint density at radius 1 is 1.44 bits per heavy atom. The van der Waals surface area contributed by atoms with E-state index in [0.29, 0.717) is 24.7 Å². The number of nitro benzene ring substituents is 1. The van der Waals surface area contributed by atoms with Crippen LogP contribution in [0.1, 0.15) is 12.8 Å². The number of para-hydroxylation sites is 1. The second kappa shape index (κ2) is 3.83. The molecule has 1 aromatic rings. The zero-order valence-electron chi connectivity index (χ0n) is 9.67. The Labute approximate surface area is 109 Å². The van der Waals surface area contributed by atoms with Crippen LogP contribution in [0.3, 0.4) is 0 Å². The molecule has 0 bridgehead atoms. The first kappa shape index (κ1) is 11.7. The molecule has 1 N–H and O–H groups in total. The van der Waals surface area contributed by atoms with Crippen molar-refractivity contribution in [3.63, 3.8) is 0 Å². The van der Waals surface area contributed by atoms with Gasteiger partial charge in [-0.15, -0.1) is 0 Å². The molecule has 1 saturated carbocycles. The van der Waals surface area contributed by atoms with E-state index >= 15 is 0 Å². The van der Waals surface area contributed by atoms with Gasteiger partial charge in [0.1, 0.15) is 16.3 Å². The van der Waals surface area contributed by atoms with Crippen LogP contribution in [-0.2, 0) is 0 Å². The summed E-state index contributed by atoms with van der Waals surface area (Å²) in [7, 11) is 0. The maximum absolute atomic E-state index is 11.0. The molecule has 1 aromatic carbocycles. The molecule has 0 unspecified atom stereocenters. The molecule has 3 rings (SSSR count). The maximum Gasteiger partial charge on any atom is 0.310 e. The standard InChI is InChI=1S/C12H13ClN2O3/c13-9-2-1-3-10(11(9)15(17)18)14-6-12(16,7-14)8-4-5-8/h1-3,8,16H,4-7H2. The molecule has 5 nitrogen and oxygen atoms in total. The van der Waals surface area contributed by atoms with Crippen LogP contribution >= 0.6 is 11.6 Å². The van der Waals surface area contributed by atoms with Gasteiger partial charge in [-0.2, -0.15) is 0 Å². The number of nitrogens with zero attached hydrogens (tertiary/aromatic N) is 2. The number of halogens is 1. The lowest BCUT2D eigenvalue weighted by molar-refractivity contribution is -0.384. The zero-order valence-corrected chi connectivity index (χ0v) is 10.4. The molecular weight excluding hydrogens is 256 g/mol. The summed E-state index contributed by atoms with van der Waals surface area (Å²) < 4.78 is 0. The van der Waals surface area contributed by atoms with E-state index in [1.165, 1.54) is 6.07 Å². The molecule has 0 aromatic heterocycles. The summed E-state index contributed by atoms with van der Waals surface area (Å²) in [5.74, 6) is 0.368. The monoisotopic (exact) mass is 268 g/mol. The minimum absolute atomic E-state index is 0.0722. The Bertz CT molecular complexity index is 510. The minimum Gasteiger partial charge on any atom is -0.386 e. The van der Waals surface area contributed by atoms with Crippen LogP contribution in [0.15, 0.2) is 18.2 Å². The number of hydrogen-bond donors (Lipinski definition) is 1. The average Bonchev–Trinajstić information content (AvgIpc) is 3.07. The topological polar surface area (TPSA) is 66.6 Å². The quantitative estimate of drug-likeness (QED) is 0.674. The Kier molecular flexibility index (Phi) is 2.50. The number of nitro groups is 1. The Morgan fingerprint density at radius 2 is 2.11 bits per heavy atom. The first-order chi connectivity index (χ1) is 8.51. The van der Waals surface area contributed by atoms with Gasteiger partial charge in [-0.3, -0.25) is 10.1 Å². The van der Waals surface area contributed by atoms with E-state index < -0.39 is 10.5 Å². The van der Waals surface area contributed by atoms with E-state index in [-0.39, 0.29) is 10.7 Å². The Hall–Kier alpha value is -1.33. The van der Waals surface area contributed by atoms with Crippen molar-refractivity contribution in [3.8, 4) is 0 Å². The number of benzene rings is 1. The van der Waals surface area contributed by atoms with Crippen molar-refractivity contribution in [2.24, 2.45) is 5.92 Å². The predicted octanol–water partition coefficient (Wildman–Crippen LogP) is 2.21. The number of hydrogen-bond acceptors (Lipinski definition) is 4. The zero-order chi connectivity index (χ0) is 12.9. The predicted molar refractivity (Wildman–Crippen MR) is 68.0 cm³/mol. The highest BCUT2D eigenvalue weighted by molar-refractivity contribution is 6.33. The third-order valence-electron chi connectivity index (χ3n) is 3.76. The normalized spacial score (nSPS) is 21.6. The lowest BCUT2D eigenvalue weighted by Gasteiger charge is -2.48. The molecule has 1 aliphatic carbocycles. The summed E-state index contributed by atoms with van der Waals surface area (Å²) in [5, 5.41) is 21.4. The molecular formula is C12H13ClN2O3. The van der Waals surface area contributed by atoms with Crippen LogP contribution in [0, 0.1) is 16.0 Å². The summed E-state index contributed by atoms with van der Waals surface area (Å²) in [5.41, 5.74) is -0.231. The van der Waals surface area contributed by atoms with Gasteiger partial charge in [-0.05, 0) is 30.9 Å². The summed E-state index contributed by atoms with van der Waals surface area (Å²) in [6.45, 7) is 0.914. The fraction of sp³-hybridized carbons (Fsp3) is 0.500. The second-order valence-corrected chi connectivity index (χ2v) is 5.51. The van der Waals surface area contributed by atoms with E-state index in [9.17, 15) is 15.2 Å². The first-order valence-corrected chi connectivity index (χ1v) is 6.29. The lowest BCUT2D eigenvalue weighted by atomic mass is 9.88. The fourth-order valence-corrected chi connectivity index (χ4v) is 2.84. The van der Waals surface area contributed by atoms with E-state index in [1.54, 1.807) is 12.1 Å². The first-order valence-electron chi connectivity index (χ1n) is 5.91. The van der Waals surface area contributed by atoms with E-state index in [0.717, 1.165) is 12.8 Å². The van der Waals surface area contributed by atoms with Crippen molar-refractivity contribution in [3.05, 3.63) is 33.3 Å². The van der Waals surface area contributed by atoms with Gasteiger partial charge in [0, 0.05) is 13.1 Å². The van der Waals surface area contributed by atoms with Crippen LogP contribution in [0.5, 0.6) is 0 Å². The molecule has 1 aliphatic heterocycles. The SMILES string of the molecule is O=[N+]([O-])c1c(Cl)cccc1N1CC(O)(C2CC2)C1. The largest absolute Gasteiger partial charge is 0.386 e. The smallest absolute Gasteiger partial charge is 0.310 e. The second-order valence-electron chi connectivity index (χ2n) is 5.10. The van der Waals surface area contributed by atoms with Crippen LogP contribution in [0.4, 0.5) is 11.4 Å². The molecule has 1 heterocycles. The third-order valence-corrected chi connectivity index (χ3v) is 4.06.